The molecule has 0 saturated heterocycles. The van der Waals surface area contributed by atoms with E-state index in [4.69, 9.17) is 0 Å². The maximum absolute atomic E-state index is 13.4. The minimum absolute atomic E-state index is 0.0312. The summed E-state index contributed by atoms with van der Waals surface area (Å²) in [6.45, 7) is 1.82. The van der Waals surface area contributed by atoms with Crippen LogP contribution in [-0.2, 0) is 0 Å². The SMILES string of the molecule is Cc1cnccc1NC(=O)c1ccccc1F. The lowest BCUT2D eigenvalue weighted by molar-refractivity contribution is 0.102. The number of pyridine rings is 1. The fraction of sp³-hybridized carbons (Fsp3) is 0.0769. The van der Waals surface area contributed by atoms with Crippen molar-refractivity contribution in [1.82, 2.24) is 4.98 Å². The first-order chi connectivity index (χ1) is 8.18. The minimum Gasteiger partial charge on any atom is -0.322 e. The van der Waals surface area contributed by atoms with E-state index in [2.05, 4.69) is 10.3 Å². The highest BCUT2D eigenvalue weighted by atomic mass is 19.1. The van der Waals surface area contributed by atoms with Crippen LogP contribution in [-0.4, -0.2) is 10.9 Å². The van der Waals surface area contributed by atoms with Gasteiger partial charge in [0, 0.05) is 18.1 Å². The van der Waals surface area contributed by atoms with Gasteiger partial charge in [0.25, 0.3) is 5.91 Å². The third kappa shape index (κ3) is 2.47. The average molecular weight is 230 g/mol. The molecule has 0 saturated carbocycles. The van der Waals surface area contributed by atoms with Crippen LogP contribution in [0.5, 0.6) is 0 Å². The molecular formula is C13H11FN2O. The standard InChI is InChI=1S/C13H11FN2O/c1-9-8-15-7-6-12(9)16-13(17)10-4-2-3-5-11(10)14/h2-8H,1H3,(H,15,16,17). The van der Waals surface area contributed by atoms with Gasteiger partial charge in [-0.25, -0.2) is 4.39 Å². The molecule has 3 nitrogen and oxygen atoms in total. The van der Waals surface area contributed by atoms with Gasteiger partial charge >= 0.3 is 0 Å². The van der Waals surface area contributed by atoms with Crippen LogP contribution in [0.1, 0.15) is 15.9 Å². The van der Waals surface area contributed by atoms with Crippen molar-refractivity contribution in [2.75, 3.05) is 5.32 Å². The van der Waals surface area contributed by atoms with Gasteiger partial charge in [-0.15, -0.1) is 0 Å². The van der Waals surface area contributed by atoms with E-state index in [1.54, 1.807) is 30.6 Å². The van der Waals surface area contributed by atoms with Gasteiger partial charge in [0.05, 0.1) is 5.56 Å². The Morgan fingerprint density at radius 3 is 2.76 bits per heavy atom. The van der Waals surface area contributed by atoms with E-state index < -0.39 is 11.7 Å². The van der Waals surface area contributed by atoms with Gasteiger partial charge in [-0.2, -0.15) is 0 Å². The Balaban J connectivity index is 2.24. The fourth-order valence-corrected chi connectivity index (χ4v) is 1.45. The third-order valence-electron chi connectivity index (χ3n) is 2.39. The number of halogens is 1. The highest BCUT2D eigenvalue weighted by Crippen LogP contribution is 2.14. The summed E-state index contributed by atoms with van der Waals surface area (Å²) in [5.41, 5.74) is 1.49. The molecule has 2 aromatic rings. The first-order valence-electron chi connectivity index (χ1n) is 5.15. The maximum Gasteiger partial charge on any atom is 0.258 e. The first kappa shape index (κ1) is 11.3. The summed E-state index contributed by atoms with van der Waals surface area (Å²) in [7, 11) is 0. The molecule has 0 atom stereocenters. The summed E-state index contributed by atoms with van der Waals surface area (Å²) in [5.74, 6) is -0.992. The summed E-state index contributed by atoms with van der Waals surface area (Å²) in [6, 6.07) is 7.55. The summed E-state index contributed by atoms with van der Waals surface area (Å²) in [5, 5.41) is 2.65. The molecule has 2 rings (SSSR count). The number of nitrogens with zero attached hydrogens (tertiary/aromatic N) is 1. The highest BCUT2D eigenvalue weighted by Gasteiger charge is 2.11. The molecule has 0 spiro atoms. The van der Waals surface area contributed by atoms with Crippen molar-refractivity contribution in [2.24, 2.45) is 0 Å². The second kappa shape index (κ2) is 4.74. The Morgan fingerprint density at radius 1 is 1.29 bits per heavy atom. The monoisotopic (exact) mass is 230 g/mol. The molecule has 1 heterocycles. The second-order valence-corrected chi connectivity index (χ2v) is 3.62. The van der Waals surface area contributed by atoms with Crippen LogP contribution in [0, 0.1) is 12.7 Å². The molecule has 0 radical (unpaired) electrons. The molecule has 0 fully saturated rings. The predicted octanol–water partition coefficient (Wildman–Crippen LogP) is 2.78. The van der Waals surface area contributed by atoms with E-state index in [-0.39, 0.29) is 5.56 Å². The van der Waals surface area contributed by atoms with E-state index in [0.29, 0.717) is 5.69 Å². The molecule has 1 aromatic heterocycles. The largest absolute Gasteiger partial charge is 0.322 e. The lowest BCUT2D eigenvalue weighted by Crippen LogP contribution is -2.14. The van der Waals surface area contributed by atoms with E-state index in [9.17, 15) is 9.18 Å². The Hall–Kier alpha value is -2.23. The van der Waals surface area contributed by atoms with Gasteiger partial charge in [-0.1, -0.05) is 12.1 Å². The Labute approximate surface area is 98.3 Å². The Kier molecular flexibility index (Phi) is 3.14. The normalized spacial score (nSPS) is 10.0. The molecule has 86 valence electrons. The van der Waals surface area contributed by atoms with E-state index in [0.717, 1.165) is 5.56 Å². The predicted molar refractivity (Wildman–Crippen MR) is 63.3 cm³/mol. The summed E-state index contributed by atoms with van der Waals surface area (Å²) in [6.07, 6.45) is 3.21. The summed E-state index contributed by atoms with van der Waals surface area (Å²) in [4.78, 5) is 15.7. The van der Waals surface area contributed by atoms with Crippen LogP contribution in [0.3, 0.4) is 0 Å². The number of amides is 1. The number of carbonyl (C=O) groups is 1. The molecule has 1 N–H and O–H groups in total. The smallest absolute Gasteiger partial charge is 0.258 e. The topological polar surface area (TPSA) is 42.0 Å². The van der Waals surface area contributed by atoms with Crippen LogP contribution in [0.2, 0.25) is 0 Å². The number of aromatic nitrogens is 1. The van der Waals surface area contributed by atoms with Gasteiger partial charge in [-0.05, 0) is 30.7 Å². The zero-order valence-corrected chi connectivity index (χ0v) is 9.27. The molecule has 0 aliphatic carbocycles. The third-order valence-corrected chi connectivity index (χ3v) is 2.39. The van der Waals surface area contributed by atoms with Gasteiger partial charge in [0.1, 0.15) is 5.82 Å². The van der Waals surface area contributed by atoms with Gasteiger partial charge < -0.3 is 5.32 Å². The lowest BCUT2D eigenvalue weighted by Gasteiger charge is -2.07. The Bertz CT molecular complexity index is 555. The molecule has 1 amide bonds. The van der Waals surface area contributed by atoms with E-state index in [1.807, 2.05) is 6.92 Å². The molecule has 1 aromatic carbocycles. The van der Waals surface area contributed by atoms with Crippen LogP contribution >= 0.6 is 0 Å². The van der Waals surface area contributed by atoms with Crippen molar-refractivity contribution in [3.63, 3.8) is 0 Å². The number of hydrogen-bond acceptors (Lipinski definition) is 2. The van der Waals surface area contributed by atoms with Crippen LogP contribution in [0.15, 0.2) is 42.7 Å². The van der Waals surface area contributed by atoms with Crippen LogP contribution in [0.25, 0.3) is 0 Å². The van der Waals surface area contributed by atoms with E-state index in [1.165, 1.54) is 12.1 Å². The van der Waals surface area contributed by atoms with Crippen LogP contribution < -0.4 is 5.32 Å². The average Bonchev–Trinajstić information content (AvgIpc) is 2.32. The maximum atomic E-state index is 13.4. The van der Waals surface area contributed by atoms with Crippen molar-refractivity contribution < 1.29 is 9.18 Å². The van der Waals surface area contributed by atoms with Crippen molar-refractivity contribution in [1.29, 1.82) is 0 Å². The lowest BCUT2D eigenvalue weighted by atomic mass is 10.2. The fourth-order valence-electron chi connectivity index (χ4n) is 1.45. The minimum atomic E-state index is -0.531. The molecule has 0 aliphatic heterocycles. The molecule has 17 heavy (non-hydrogen) atoms. The van der Waals surface area contributed by atoms with Gasteiger partial charge in [-0.3, -0.25) is 9.78 Å². The van der Waals surface area contributed by atoms with Gasteiger partial charge in [0.2, 0.25) is 0 Å². The number of anilines is 1. The van der Waals surface area contributed by atoms with Crippen molar-refractivity contribution in [3.8, 4) is 0 Å². The number of benzene rings is 1. The molecule has 0 unspecified atom stereocenters. The first-order valence-corrected chi connectivity index (χ1v) is 5.15. The van der Waals surface area contributed by atoms with Gasteiger partial charge in [0.15, 0.2) is 0 Å². The number of rotatable bonds is 2. The number of aryl methyl sites for hydroxylation is 1. The quantitative estimate of drug-likeness (QED) is 0.861. The highest BCUT2D eigenvalue weighted by molar-refractivity contribution is 6.04. The summed E-state index contributed by atoms with van der Waals surface area (Å²) < 4.78 is 13.4. The molecule has 4 heteroatoms. The molecule has 0 aliphatic rings. The second-order valence-electron chi connectivity index (χ2n) is 3.62. The number of carbonyl (C=O) groups excluding carboxylic acids is 1. The number of hydrogen-bond donors (Lipinski definition) is 1. The molecule has 0 bridgehead atoms. The van der Waals surface area contributed by atoms with Crippen molar-refractivity contribution in [2.45, 2.75) is 6.92 Å². The zero-order chi connectivity index (χ0) is 12.3. The zero-order valence-electron chi connectivity index (χ0n) is 9.27. The van der Waals surface area contributed by atoms with Crippen molar-refractivity contribution >= 4 is 11.6 Å². The Morgan fingerprint density at radius 2 is 2.06 bits per heavy atom. The molecular weight excluding hydrogens is 219 g/mol. The van der Waals surface area contributed by atoms with Crippen molar-refractivity contribution in [3.05, 3.63) is 59.7 Å². The summed E-state index contributed by atoms with van der Waals surface area (Å²) >= 11 is 0. The number of nitrogens with one attached hydrogen (secondary N) is 1. The van der Waals surface area contributed by atoms with E-state index >= 15 is 0 Å². The van der Waals surface area contributed by atoms with Crippen LogP contribution in [0.4, 0.5) is 10.1 Å².